The molecule has 0 amide bonds. The van der Waals surface area contributed by atoms with Crippen molar-refractivity contribution in [2.45, 2.75) is 57.0 Å². The molecule has 4 aliphatic carbocycles. The molecule has 0 aromatic heterocycles. The Bertz CT molecular complexity index is 465. The van der Waals surface area contributed by atoms with E-state index in [2.05, 4.69) is 5.32 Å². The van der Waals surface area contributed by atoms with Crippen molar-refractivity contribution >= 4 is 0 Å². The van der Waals surface area contributed by atoms with Crippen LogP contribution in [0.3, 0.4) is 0 Å². The van der Waals surface area contributed by atoms with Gasteiger partial charge in [-0.2, -0.15) is 0 Å². The van der Waals surface area contributed by atoms with E-state index in [4.69, 9.17) is 0 Å². The topological polar surface area (TPSA) is 32.3 Å². The fraction of sp³-hybridized carbons (Fsp3) is 0.667. The van der Waals surface area contributed by atoms with E-state index in [1.807, 2.05) is 12.1 Å². The highest BCUT2D eigenvalue weighted by Gasteiger charge is 2.47. The molecule has 108 valence electrons. The van der Waals surface area contributed by atoms with Crippen LogP contribution < -0.4 is 5.32 Å². The van der Waals surface area contributed by atoms with Gasteiger partial charge in [0.2, 0.25) is 0 Å². The molecular formula is C18H25NO. The van der Waals surface area contributed by atoms with Crippen LogP contribution in [0.25, 0.3) is 0 Å². The molecule has 4 aliphatic rings. The summed E-state index contributed by atoms with van der Waals surface area (Å²) in [4.78, 5) is 0. The lowest BCUT2D eigenvalue weighted by Gasteiger charge is -2.49. The Kier molecular flexibility index (Phi) is 3.03. The van der Waals surface area contributed by atoms with E-state index in [0.717, 1.165) is 24.3 Å². The lowest BCUT2D eigenvalue weighted by Crippen LogP contribution is -2.53. The first-order chi connectivity index (χ1) is 9.71. The van der Waals surface area contributed by atoms with E-state index < -0.39 is 0 Å². The van der Waals surface area contributed by atoms with Gasteiger partial charge in [0.15, 0.2) is 0 Å². The molecule has 0 spiro atoms. The van der Waals surface area contributed by atoms with E-state index in [0.29, 0.717) is 11.3 Å². The summed E-state index contributed by atoms with van der Waals surface area (Å²) in [6.07, 6.45) is 10.2. The molecule has 4 saturated carbocycles. The molecule has 0 heterocycles. The monoisotopic (exact) mass is 271 g/mol. The SMILES string of the molecule is Oc1ccc(CNC23CC4CCC(CC(C4)C2)C3)cc1. The summed E-state index contributed by atoms with van der Waals surface area (Å²) in [6, 6.07) is 7.67. The van der Waals surface area contributed by atoms with Crippen LogP contribution in [0.4, 0.5) is 0 Å². The number of nitrogens with one attached hydrogen (secondary N) is 1. The third-order valence-electron chi connectivity index (χ3n) is 5.96. The molecule has 2 nitrogen and oxygen atoms in total. The van der Waals surface area contributed by atoms with E-state index in [1.54, 1.807) is 12.1 Å². The Balaban J connectivity index is 1.48. The van der Waals surface area contributed by atoms with Crippen molar-refractivity contribution in [2.75, 3.05) is 0 Å². The minimum Gasteiger partial charge on any atom is -0.508 e. The zero-order valence-corrected chi connectivity index (χ0v) is 12.1. The van der Waals surface area contributed by atoms with Crippen LogP contribution in [0.15, 0.2) is 24.3 Å². The Morgan fingerprint density at radius 3 is 2.20 bits per heavy atom. The van der Waals surface area contributed by atoms with Crippen molar-refractivity contribution in [3.8, 4) is 5.75 Å². The van der Waals surface area contributed by atoms with E-state index >= 15 is 0 Å². The van der Waals surface area contributed by atoms with Crippen molar-refractivity contribution in [2.24, 2.45) is 17.8 Å². The molecule has 1 aromatic carbocycles. The fourth-order valence-corrected chi connectivity index (χ4v) is 5.31. The number of hydrogen-bond donors (Lipinski definition) is 2. The molecule has 20 heavy (non-hydrogen) atoms. The Labute approximate surface area is 121 Å². The summed E-state index contributed by atoms with van der Waals surface area (Å²) >= 11 is 0. The Hall–Kier alpha value is -1.02. The van der Waals surface area contributed by atoms with Crippen LogP contribution in [0, 0.1) is 17.8 Å². The minimum absolute atomic E-state index is 0.361. The Morgan fingerprint density at radius 1 is 0.950 bits per heavy atom. The first kappa shape index (κ1) is 12.7. The van der Waals surface area contributed by atoms with Crippen LogP contribution in [0.1, 0.15) is 50.5 Å². The summed E-state index contributed by atoms with van der Waals surface area (Å²) in [6.45, 7) is 0.951. The summed E-state index contributed by atoms with van der Waals surface area (Å²) in [5.41, 5.74) is 1.71. The maximum Gasteiger partial charge on any atom is 0.115 e. The molecule has 0 saturated heterocycles. The largest absolute Gasteiger partial charge is 0.508 e. The number of benzene rings is 1. The number of rotatable bonds is 3. The van der Waals surface area contributed by atoms with Gasteiger partial charge < -0.3 is 10.4 Å². The fourth-order valence-electron chi connectivity index (χ4n) is 5.31. The van der Waals surface area contributed by atoms with Gasteiger partial charge >= 0.3 is 0 Å². The highest BCUT2D eigenvalue weighted by Crippen LogP contribution is 2.53. The van der Waals surface area contributed by atoms with Gasteiger partial charge in [-0.05, 0) is 67.6 Å². The molecule has 0 radical (unpaired) electrons. The predicted octanol–water partition coefficient (Wildman–Crippen LogP) is 3.84. The number of fused-ring (bicyclic) bond motifs is 1. The highest BCUT2D eigenvalue weighted by atomic mass is 16.3. The van der Waals surface area contributed by atoms with Crippen LogP contribution in [-0.4, -0.2) is 10.6 Å². The molecule has 4 fully saturated rings. The lowest BCUT2D eigenvalue weighted by molar-refractivity contribution is 0.0719. The van der Waals surface area contributed by atoms with Crippen LogP contribution in [0.2, 0.25) is 0 Å². The average Bonchev–Trinajstić information content (AvgIpc) is 2.64. The minimum atomic E-state index is 0.361. The van der Waals surface area contributed by atoms with Gasteiger partial charge in [-0.1, -0.05) is 25.0 Å². The molecule has 5 rings (SSSR count). The summed E-state index contributed by atoms with van der Waals surface area (Å²) in [7, 11) is 0. The molecular weight excluding hydrogens is 246 g/mol. The van der Waals surface area contributed by atoms with Gasteiger partial charge in [-0.3, -0.25) is 0 Å². The molecule has 2 atom stereocenters. The third kappa shape index (κ3) is 2.35. The standard InChI is InChI=1S/C18H25NO/c20-17-5-3-13(4-6-17)12-19-18-9-14-1-2-15(10-18)8-16(7-14)11-18/h3-6,14-16,19-20H,1-2,7-12H2. The van der Waals surface area contributed by atoms with Crippen molar-refractivity contribution < 1.29 is 5.11 Å². The van der Waals surface area contributed by atoms with Crippen molar-refractivity contribution in [3.63, 3.8) is 0 Å². The van der Waals surface area contributed by atoms with Gasteiger partial charge in [-0.15, -0.1) is 0 Å². The van der Waals surface area contributed by atoms with Crippen molar-refractivity contribution in [1.82, 2.24) is 5.32 Å². The van der Waals surface area contributed by atoms with Crippen LogP contribution in [0.5, 0.6) is 5.75 Å². The molecule has 2 N–H and O–H groups in total. The Morgan fingerprint density at radius 2 is 1.55 bits per heavy atom. The quantitative estimate of drug-likeness (QED) is 0.875. The maximum atomic E-state index is 9.37. The second-order valence-electron chi connectivity index (χ2n) is 7.56. The smallest absolute Gasteiger partial charge is 0.115 e. The van der Waals surface area contributed by atoms with Crippen LogP contribution >= 0.6 is 0 Å². The number of phenols is 1. The van der Waals surface area contributed by atoms with Crippen molar-refractivity contribution in [1.29, 1.82) is 0 Å². The summed E-state index contributed by atoms with van der Waals surface area (Å²) in [5.74, 6) is 3.31. The van der Waals surface area contributed by atoms with Gasteiger partial charge in [0.05, 0.1) is 0 Å². The van der Waals surface area contributed by atoms with Crippen LogP contribution in [-0.2, 0) is 6.54 Å². The summed E-state index contributed by atoms with van der Waals surface area (Å²) < 4.78 is 0. The first-order valence-electron chi connectivity index (χ1n) is 8.24. The molecule has 0 aliphatic heterocycles. The second kappa shape index (κ2) is 4.77. The normalized spacial score (nSPS) is 38.9. The van der Waals surface area contributed by atoms with Crippen molar-refractivity contribution in [3.05, 3.63) is 29.8 Å². The lowest BCUT2D eigenvalue weighted by atomic mass is 9.63. The molecule has 2 heteroatoms. The van der Waals surface area contributed by atoms with E-state index in [-0.39, 0.29) is 0 Å². The third-order valence-corrected chi connectivity index (χ3v) is 5.96. The van der Waals surface area contributed by atoms with Gasteiger partial charge in [0, 0.05) is 12.1 Å². The summed E-state index contributed by atoms with van der Waals surface area (Å²) in [5, 5.41) is 13.3. The van der Waals surface area contributed by atoms with Gasteiger partial charge in [0.25, 0.3) is 0 Å². The van der Waals surface area contributed by atoms with Gasteiger partial charge in [0.1, 0.15) is 5.75 Å². The van der Waals surface area contributed by atoms with E-state index in [1.165, 1.54) is 50.5 Å². The maximum absolute atomic E-state index is 9.37. The molecule has 2 unspecified atom stereocenters. The number of hydrogen-bond acceptors (Lipinski definition) is 2. The number of phenolic OH excluding ortho intramolecular Hbond substituents is 1. The highest BCUT2D eigenvalue weighted by molar-refractivity contribution is 5.26. The van der Waals surface area contributed by atoms with Gasteiger partial charge in [-0.25, -0.2) is 0 Å². The molecule has 1 aromatic rings. The first-order valence-corrected chi connectivity index (χ1v) is 8.24. The van der Waals surface area contributed by atoms with E-state index in [9.17, 15) is 5.11 Å². The second-order valence-corrected chi connectivity index (χ2v) is 7.56. The zero-order valence-electron chi connectivity index (χ0n) is 12.1. The predicted molar refractivity (Wildman–Crippen MR) is 80.5 cm³/mol. The zero-order chi connectivity index (χ0) is 13.6. The molecule has 4 bridgehead atoms. The number of aromatic hydroxyl groups is 1. The average molecular weight is 271 g/mol.